The van der Waals surface area contributed by atoms with E-state index in [1.165, 1.54) is 22.2 Å². The van der Waals surface area contributed by atoms with Crippen LogP contribution in [-0.2, 0) is 80.8 Å². The number of amides is 5. The first kappa shape index (κ1) is 107. The molecule has 10 aliphatic rings. The first-order chi connectivity index (χ1) is 58.9. The minimum atomic E-state index is -1.64. The van der Waals surface area contributed by atoms with Gasteiger partial charge in [0.1, 0.15) is 102 Å². The van der Waals surface area contributed by atoms with Crippen molar-refractivity contribution in [2.24, 2.45) is 11.0 Å². The van der Waals surface area contributed by atoms with Crippen molar-refractivity contribution < 1.29 is 117 Å². The summed E-state index contributed by atoms with van der Waals surface area (Å²) in [6.45, 7) is 64.8. The minimum absolute atomic E-state index is 0.00455. The zero-order valence-corrected chi connectivity index (χ0v) is 78.6. The van der Waals surface area contributed by atoms with E-state index in [9.17, 15) is 59.7 Å². The van der Waals surface area contributed by atoms with Crippen molar-refractivity contribution in [3.05, 3.63) is 131 Å². The van der Waals surface area contributed by atoms with Crippen LogP contribution < -0.4 is 31.9 Å². The van der Waals surface area contributed by atoms with Crippen LogP contribution in [0.15, 0.2) is 126 Å². The molecule has 6 unspecified atom stereocenters. The van der Waals surface area contributed by atoms with Gasteiger partial charge in [-0.3, -0.25) is 24.0 Å². The van der Waals surface area contributed by atoms with Gasteiger partial charge in [0.05, 0.1) is 117 Å². The fourth-order valence-electron chi connectivity index (χ4n) is 14.8. The Bertz CT molecular complexity index is 3730. The average Bonchev–Trinajstić information content (AvgIpc) is 1.60. The number of thioether (sulfide) groups is 1. The molecule has 38 nitrogen and oxygen atoms in total. The number of hydrogen-bond acceptors (Lipinski definition) is 32. The lowest BCUT2D eigenvalue weighted by Crippen LogP contribution is -2.52. The molecule has 126 heavy (non-hydrogen) atoms. The Hall–Kier alpha value is -7.39. The molecule has 0 saturated carbocycles. The predicted molar refractivity (Wildman–Crippen MR) is 470 cm³/mol. The lowest BCUT2D eigenvalue weighted by molar-refractivity contribution is -0.166. The first-order valence-corrected chi connectivity index (χ1v) is 44.1. The van der Waals surface area contributed by atoms with E-state index in [1.54, 1.807) is 74.8 Å². The van der Waals surface area contributed by atoms with Crippen molar-refractivity contribution >= 4 is 41.3 Å². The molecule has 0 aromatic heterocycles. The van der Waals surface area contributed by atoms with Crippen LogP contribution >= 0.6 is 11.8 Å². The molecular formula is C87H144N14O24S. The Morgan fingerprint density at radius 1 is 0.484 bits per heavy atom. The molecule has 39 heteroatoms. The van der Waals surface area contributed by atoms with Crippen LogP contribution in [0.5, 0.6) is 0 Å². The Morgan fingerprint density at radius 3 is 1.33 bits per heavy atom. The topological polar surface area (TPSA) is 475 Å². The summed E-state index contributed by atoms with van der Waals surface area (Å²) in [7, 11) is 0. The summed E-state index contributed by atoms with van der Waals surface area (Å²) in [6.07, 6.45) is -2.19. The van der Waals surface area contributed by atoms with Crippen LogP contribution in [-0.4, -0.2) is 304 Å². The molecule has 10 aliphatic heterocycles. The number of azide groups is 1. The van der Waals surface area contributed by atoms with E-state index in [1.807, 2.05) is 123 Å². The molecule has 13 N–H and O–H groups in total. The van der Waals surface area contributed by atoms with Crippen LogP contribution in [0.4, 0.5) is 0 Å². The van der Waals surface area contributed by atoms with Crippen LogP contribution in [0.25, 0.3) is 10.4 Å². The van der Waals surface area contributed by atoms with Gasteiger partial charge in [0, 0.05) is 58.7 Å². The van der Waals surface area contributed by atoms with E-state index in [0.29, 0.717) is 53.3 Å². The van der Waals surface area contributed by atoms with Crippen molar-refractivity contribution in [3.63, 3.8) is 0 Å². The summed E-state index contributed by atoms with van der Waals surface area (Å²) in [5, 5.41) is 92.9. The highest BCUT2D eigenvalue weighted by atomic mass is 32.2. The highest BCUT2D eigenvalue weighted by molar-refractivity contribution is 8.00. The molecule has 0 aliphatic carbocycles. The number of carbonyl (C=O) groups excluding carboxylic acids is 5. The van der Waals surface area contributed by atoms with E-state index in [0.717, 1.165) is 12.8 Å². The average molecular weight is 1800 g/mol. The number of hydrogen-bond donors (Lipinski definition) is 13. The highest BCUT2D eigenvalue weighted by Crippen LogP contribution is 2.44. The summed E-state index contributed by atoms with van der Waals surface area (Å²) in [5.41, 5.74) is 9.35. The summed E-state index contributed by atoms with van der Waals surface area (Å²) in [6, 6.07) is -0.0806. The number of nitrogens with zero attached hydrogens (tertiary/aromatic N) is 8. The number of aliphatic hydroxyl groups is 7. The summed E-state index contributed by atoms with van der Waals surface area (Å²) in [4.78, 5) is 69.7. The molecule has 0 aromatic rings. The second-order valence-corrected chi connectivity index (χ2v) is 36.5. The van der Waals surface area contributed by atoms with Gasteiger partial charge < -0.3 is 149 Å². The van der Waals surface area contributed by atoms with Gasteiger partial charge in [-0.05, 0) is 163 Å². The standard InChI is InChI=1S/C18H30N2O6.C18H30N2O4.C17H27N5O6.C17H29N3O4.C17H28N2O4S/c1-9(2)24-11(5)15-16(25-10(3)4)14(22)18(26-15)20-7-13(8-21)17(23)19-12(20)6;1-10(2)7-8-14-16(23-11(3)4)15(21)18(24-14)20-9-12(5)17(22)19-13(20)6;1-9(2)26-8-17(20-21-18)14(27-10(3)4)13(24)16(28-17)22-6-12(7-23)15(25)19-11(22)5;1-9(2)18-14-13(8-23-10(3)4)24-17(15(14)21)20-7-11(5)16(22)19-12(20)6;1-9(2)22-8-13-15(23-10(3)4)14(20)17(24-13)19-7-11(5)16(21)18-12(19)6/h7,9-11,14-16,18,21-22H,6,8H2,1-5H3,(H,19,23);9-11,14-16,18,21H,6-8H2,1-5H3,(H,19,22);6,9-10,13-14,16,23-24H,5,7-8H2,1-4H3,(H,19,25);7,9-10,13-15,17-18,21H,6,8H2,1-5H3,(H,19,22);7,9-10,13-15,17,20H,6,8H2,1-5H3,(H,18,21)/t11?,14-,15+,16?,18+;14-,15+,16?,18-;13-,14?,16+,17+;13-,14?,15+,17-;13-,14+,15?,17-/m01011/s1. The minimum Gasteiger partial charge on any atom is -0.391 e. The molecule has 5 fully saturated rings. The van der Waals surface area contributed by atoms with Crippen LogP contribution in [0.3, 0.4) is 0 Å². The second-order valence-electron chi connectivity index (χ2n) is 35.2. The quantitative estimate of drug-likeness (QED) is 0.0211. The molecule has 5 amide bonds. The zero-order chi connectivity index (χ0) is 94.7. The van der Waals surface area contributed by atoms with Crippen LogP contribution in [0.1, 0.15) is 179 Å². The monoisotopic (exact) mass is 1800 g/mol. The van der Waals surface area contributed by atoms with E-state index < -0.39 is 111 Å². The second kappa shape index (κ2) is 48.5. The molecule has 5 saturated heterocycles. The first-order valence-electron chi connectivity index (χ1n) is 43.2. The van der Waals surface area contributed by atoms with Gasteiger partial charge >= 0.3 is 0 Å². The van der Waals surface area contributed by atoms with Gasteiger partial charge in [-0.1, -0.05) is 65.7 Å². The fraction of sp³-hybridized carbons (Fsp3) is 0.713. The third-order valence-corrected chi connectivity index (χ3v) is 22.2. The van der Waals surface area contributed by atoms with Crippen LogP contribution in [0.2, 0.25) is 0 Å². The predicted octanol–water partition coefficient (Wildman–Crippen LogP) is 5.76. The van der Waals surface area contributed by atoms with Gasteiger partial charge in [-0.15, -0.1) is 11.8 Å². The van der Waals surface area contributed by atoms with Crippen molar-refractivity contribution in [1.82, 2.24) is 56.4 Å². The lowest BCUT2D eigenvalue weighted by atomic mass is 10.00. The normalized spacial score (nSPS) is 30.8. The SMILES string of the molecule is C=C1NC(=O)C(C)=CN1[C@@H]1O[C@H](CCC(C)C)C(OC(C)C)[C@@H]1O.C=C1NC(=O)C(C)=CN1[C@@H]1O[C@H](COC(C)C)C(NC(C)C)[C@@H]1O.C=C1NC(=O)C(C)=CN1[C@@H]1S[C@H](COC(C)C)C(OC(C)C)[C@@H]1O.C=C1NC(=O)C(CO)=CN1[C@@H]1O[C@@](COC(C)C)(N=[N+]=[N-])C(OC(C)C)[C@@H]1O.C=C1NC(=O)C(CO)=CN1[C@@H]1O[C@H](C(C)OC(C)C)C(OC(C)C)[C@@H]1O. The summed E-state index contributed by atoms with van der Waals surface area (Å²) in [5.74, 6) is 0.741. The van der Waals surface area contributed by atoms with E-state index in [-0.39, 0.29) is 143 Å². The van der Waals surface area contributed by atoms with Crippen molar-refractivity contribution in [2.75, 3.05) is 33.0 Å². The Morgan fingerprint density at radius 2 is 0.889 bits per heavy atom. The third kappa shape index (κ3) is 28.8. The molecule has 0 aromatic carbocycles. The van der Waals surface area contributed by atoms with Gasteiger partial charge in [-0.2, -0.15) is 0 Å². The van der Waals surface area contributed by atoms with Crippen molar-refractivity contribution in [1.29, 1.82) is 0 Å². The molecule has 10 heterocycles. The maximum Gasteiger partial charge on any atom is 0.256 e. The zero-order valence-electron chi connectivity index (χ0n) is 77.7. The van der Waals surface area contributed by atoms with E-state index in [4.69, 9.17) is 62.4 Å². The number of aliphatic hydroxyl groups excluding tert-OH is 7. The Labute approximate surface area is 746 Å². The largest absolute Gasteiger partial charge is 0.391 e. The van der Waals surface area contributed by atoms with Crippen LogP contribution in [0, 0.1) is 5.92 Å². The van der Waals surface area contributed by atoms with Gasteiger partial charge in [0.2, 0.25) is 5.72 Å². The molecule has 0 bridgehead atoms. The Balaban J connectivity index is 0.000000244. The number of carbonyl (C=O) groups is 5. The fourth-order valence-corrected chi connectivity index (χ4v) is 16.3. The summed E-state index contributed by atoms with van der Waals surface area (Å²) < 4.78 is 70.7. The van der Waals surface area contributed by atoms with Gasteiger partial charge in [0.25, 0.3) is 29.5 Å². The summed E-state index contributed by atoms with van der Waals surface area (Å²) >= 11 is 1.59. The number of ether oxygens (including phenoxy) is 12. The molecular weight excluding hydrogens is 1660 g/mol. The highest BCUT2D eigenvalue weighted by Gasteiger charge is 2.59. The van der Waals surface area contributed by atoms with Gasteiger partial charge in [-0.25, -0.2) is 0 Å². The maximum absolute atomic E-state index is 11.9. The lowest BCUT2D eigenvalue weighted by Gasteiger charge is -2.34. The molecule has 0 spiro atoms. The number of nitrogens with one attached hydrogen (secondary N) is 6. The molecule has 10 rings (SSSR count). The number of rotatable bonds is 33. The molecule has 712 valence electrons. The Kier molecular flexibility index (Phi) is 41.3. The maximum atomic E-state index is 11.9. The third-order valence-electron chi connectivity index (χ3n) is 20.7. The van der Waals surface area contributed by atoms with E-state index >= 15 is 0 Å². The van der Waals surface area contributed by atoms with E-state index in [2.05, 4.69) is 88.7 Å². The molecule has 0 radical (unpaired) electrons. The van der Waals surface area contributed by atoms with Gasteiger partial charge in [0.15, 0.2) is 24.9 Å². The van der Waals surface area contributed by atoms with Crippen molar-refractivity contribution in [3.8, 4) is 0 Å². The smallest absolute Gasteiger partial charge is 0.256 e. The van der Waals surface area contributed by atoms with Crippen molar-refractivity contribution in [2.45, 2.75) is 361 Å². The molecule has 21 atom stereocenters.